The molecule has 0 bridgehead atoms. The minimum absolute atomic E-state index is 0.125. The zero-order valence-corrected chi connectivity index (χ0v) is 13.0. The van der Waals surface area contributed by atoms with Gasteiger partial charge in [0, 0.05) is 21.8 Å². The Morgan fingerprint density at radius 1 is 1.15 bits per heavy atom. The molecule has 0 aliphatic carbocycles. The van der Waals surface area contributed by atoms with Crippen LogP contribution in [0.3, 0.4) is 0 Å². The van der Waals surface area contributed by atoms with Gasteiger partial charge in [0.25, 0.3) is 9.05 Å². The maximum atomic E-state index is 11.4. The Morgan fingerprint density at radius 3 is 2.50 bits per heavy atom. The molecule has 20 heavy (non-hydrogen) atoms. The molecule has 2 aromatic carbocycles. The zero-order valence-electron chi connectivity index (χ0n) is 11.4. The van der Waals surface area contributed by atoms with Gasteiger partial charge in [0.2, 0.25) is 0 Å². The van der Waals surface area contributed by atoms with E-state index in [-0.39, 0.29) is 10.3 Å². The van der Waals surface area contributed by atoms with Crippen LogP contribution < -0.4 is 0 Å². The van der Waals surface area contributed by atoms with Crippen molar-refractivity contribution in [3.05, 3.63) is 35.9 Å². The predicted molar refractivity (Wildman–Crippen MR) is 82.8 cm³/mol. The van der Waals surface area contributed by atoms with E-state index in [0.717, 1.165) is 27.7 Å². The number of hydrogen-bond donors (Lipinski definition) is 0. The first-order valence-electron chi connectivity index (χ1n) is 6.29. The monoisotopic (exact) mass is 307 g/mol. The number of aliphatic imine (C=N–C) groups is 1. The molecule has 3 rings (SSSR count). The van der Waals surface area contributed by atoms with E-state index in [2.05, 4.69) is 18.8 Å². The zero-order chi connectivity index (χ0) is 14.7. The third-order valence-corrected chi connectivity index (χ3v) is 5.42. The van der Waals surface area contributed by atoms with Gasteiger partial charge < -0.3 is 0 Å². The highest BCUT2D eigenvalue weighted by Gasteiger charge is 2.33. The van der Waals surface area contributed by atoms with E-state index in [4.69, 9.17) is 10.7 Å². The van der Waals surface area contributed by atoms with Crippen molar-refractivity contribution in [2.75, 3.05) is 0 Å². The largest absolute Gasteiger partial charge is 0.261 e. The summed E-state index contributed by atoms with van der Waals surface area (Å²) in [4.78, 5) is 4.72. The van der Waals surface area contributed by atoms with Gasteiger partial charge in [-0.25, -0.2) is 8.42 Å². The van der Waals surface area contributed by atoms with Crippen molar-refractivity contribution in [1.29, 1.82) is 0 Å². The lowest BCUT2D eigenvalue weighted by atomic mass is 9.80. The fourth-order valence-corrected chi connectivity index (χ4v) is 3.49. The molecule has 0 spiro atoms. The van der Waals surface area contributed by atoms with Crippen LogP contribution in [0.25, 0.3) is 10.8 Å². The summed E-state index contributed by atoms with van der Waals surface area (Å²) in [5.74, 6) is 0. The summed E-state index contributed by atoms with van der Waals surface area (Å²) < 4.78 is 22.9. The van der Waals surface area contributed by atoms with Crippen LogP contribution in [0.5, 0.6) is 0 Å². The van der Waals surface area contributed by atoms with Crippen LogP contribution >= 0.6 is 10.7 Å². The highest BCUT2D eigenvalue weighted by Crippen LogP contribution is 2.44. The molecular formula is C15H14ClNO2S. The Labute approximate surface area is 122 Å². The van der Waals surface area contributed by atoms with E-state index in [1.165, 1.54) is 0 Å². The van der Waals surface area contributed by atoms with Crippen molar-refractivity contribution in [2.45, 2.75) is 31.1 Å². The summed E-state index contributed by atoms with van der Waals surface area (Å²) in [6.45, 7) is 6.27. The average molecular weight is 308 g/mol. The van der Waals surface area contributed by atoms with Gasteiger partial charge in [-0.2, -0.15) is 0 Å². The lowest BCUT2D eigenvalue weighted by Crippen LogP contribution is -2.22. The number of rotatable bonds is 1. The third-order valence-electron chi connectivity index (χ3n) is 4.07. The van der Waals surface area contributed by atoms with Gasteiger partial charge in [-0.05, 0) is 41.5 Å². The minimum Gasteiger partial charge on any atom is -0.257 e. The van der Waals surface area contributed by atoms with Crippen molar-refractivity contribution in [3.63, 3.8) is 0 Å². The van der Waals surface area contributed by atoms with Gasteiger partial charge in [0.1, 0.15) is 0 Å². The van der Waals surface area contributed by atoms with Crippen molar-refractivity contribution in [2.24, 2.45) is 4.99 Å². The van der Waals surface area contributed by atoms with Crippen LogP contribution in [-0.4, -0.2) is 14.1 Å². The molecule has 0 unspecified atom stereocenters. The molecule has 5 heteroatoms. The Bertz CT molecular complexity index is 867. The molecule has 1 aliphatic heterocycles. The molecule has 0 saturated heterocycles. The second-order valence-corrected chi connectivity index (χ2v) is 8.17. The van der Waals surface area contributed by atoms with Crippen LogP contribution in [0.4, 0.5) is 5.69 Å². The van der Waals surface area contributed by atoms with E-state index < -0.39 is 9.05 Å². The van der Waals surface area contributed by atoms with E-state index in [1.54, 1.807) is 12.1 Å². The second kappa shape index (κ2) is 4.06. The van der Waals surface area contributed by atoms with Crippen molar-refractivity contribution in [3.8, 4) is 0 Å². The molecule has 0 saturated carbocycles. The summed E-state index contributed by atoms with van der Waals surface area (Å²) in [6, 6.07) is 8.80. The summed E-state index contributed by atoms with van der Waals surface area (Å²) in [6.07, 6.45) is 0. The summed E-state index contributed by atoms with van der Waals surface area (Å²) in [7, 11) is 1.70. The van der Waals surface area contributed by atoms with Gasteiger partial charge in [0.15, 0.2) is 0 Å². The average Bonchev–Trinajstić information content (AvgIpc) is 2.58. The lowest BCUT2D eigenvalue weighted by molar-refractivity contribution is 0.609. The van der Waals surface area contributed by atoms with Crippen LogP contribution in [0, 0.1) is 0 Å². The quantitative estimate of drug-likeness (QED) is 0.743. The Morgan fingerprint density at radius 2 is 1.85 bits per heavy atom. The van der Waals surface area contributed by atoms with Crippen LogP contribution in [0.15, 0.2) is 40.2 Å². The second-order valence-electron chi connectivity index (χ2n) is 5.60. The number of fused-ring (bicyclic) bond motifs is 3. The lowest BCUT2D eigenvalue weighted by Gasteiger charge is -2.22. The fraction of sp³-hybridized carbons (Fsp3) is 0.267. The molecule has 0 aromatic heterocycles. The van der Waals surface area contributed by atoms with Crippen molar-refractivity contribution >= 4 is 41.9 Å². The van der Waals surface area contributed by atoms with E-state index in [9.17, 15) is 8.42 Å². The molecule has 0 N–H and O–H groups in total. The summed E-state index contributed by atoms with van der Waals surface area (Å²) in [5, 5.41) is 1.89. The SMILES string of the molecule is CC1=Nc2ccc3cc(S(=O)(=O)Cl)ccc3c2C1(C)C. The highest BCUT2D eigenvalue weighted by molar-refractivity contribution is 8.13. The number of hydrogen-bond acceptors (Lipinski definition) is 3. The molecule has 0 fully saturated rings. The van der Waals surface area contributed by atoms with Crippen LogP contribution in [0.1, 0.15) is 26.3 Å². The molecule has 0 atom stereocenters. The van der Waals surface area contributed by atoms with Crippen molar-refractivity contribution in [1.82, 2.24) is 0 Å². The van der Waals surface area contributed by atoms with Gasteiger partial charge in [-0.15, -0.1) is 0 Å². The first-order valence-corrected chi connectivity index (χ1v) is 8.60. The Hall–Kier alpha value is -1.39. The number of nitrogens with zero attached hydrogens (tertiary/aromatic N) is 1. The van der Waals surface area contributed by atoms with Gasteiger partial charge in [-0.3, -0.25) is 4.99 Å². The third kappa shape index (κ3) is 1.86. The van der Waals surface area contributed by atoms with Gasteiger partial charge in [0.05, 0.1) is 10.6 Å². The minimum atomic E-state index is -3.70. The summed E-state index contributed by atoms with van der Waals surface area (Å²) >= 11 is 0. The first-order chi connectivity index (χ1) is 9.21. The first kappa shape index (κ1) is 13.6. The van der Waals surface area contributed by atoms with Gasteiger partial charge >= 0.3 is 0 Å². The molecule has 0 radical (unpaired) electrons. The molecule has 3 nitrogen and oxygen atoms in total. The topological polar surface area (TPSA) is 46.5 Å². The van der Waals surface area contributed by atoms with Crippen molar-refractivity contribution < 1.29 is 8.42 Å². The molecule has 1 aliphatic rings. The fourth-order valence-electron chi connectivity index (χ4n) is 2.70. The van der Waals surface area contributed by atoms with Crippen LogP contribution in [-0.2, 0) is 14.5 Å². The standard InChI is InChI=1S/C15H14ClNO2S/c1-9-15(2,3)14-12-6-5-11(20(16,18)19)8-10(12)4-7-13(14)17-9/h4-8H,1-3H3. The predicted octanol–water partition coefficient (Wildman–Crippen LogP) is 4.15. The van der Waals surface area contributed by atoms with Crippen LogP contribution in [0.2, 0.25) is 0 Å². The number of benzene rings is 2. The smallest absolute Gasteiger partial charge is 0.257 e. The molecule has 1 heterocycles. The Kier molecular flexibility index (Phi) is 2.76. The molecule has 0 amide bonds. The Balaban J connectivity index is 2.34. The summed E-state index contributed by atoms with van der Waals surface area (Å²) in [5.41, 5.74) is 3.03. The molecule has 104 valence electrons. The number of halogens is 1. The molecule has 2 aromatic rings. The van der Waals surface area contributed by atoms with E-state index >= 15 is 0 Å². The highest BCUT2D eigenvalue weighted by atomic mass is 35.7. The molecular weight excluding hydrogens is 294 g/mol. The van der Waals surface area contributed by atoms with Gasteiger partial charge in [-0.1, -0.05) is 26.0 Å². The maximum absolute atomic E-state index is 11.4. The van der Waals surface area contributed by atoms with E-state index in [1.807, 2.05) is 25.1 Å². The normalized spacial score (nSPS) is 17.1. The van der Waals surface area contributed by atoms with E-state index in [0.29, 0.717) is 0 Å². The maximum Gasteiger partial charge on any atom is 0.261 e.